The molecule has 2 aromatic rings. The average Bonchev–Trinajstić information content (AvgIpc) is 2.53. The molecule has 0 fully saturated rings. The summed E-state index contributed by atoms with van der Waals surface area (Å²) >= 11 is 0. The van der Waals surface area contributed by atoms with Crippen LogP contribution in [0.2, 0.25) is 0 Å². The van der Waals surface area contributed by atoms with E-state index in [0.29, 0.717) is 13.0 Å². The molecule has 0 aliphatic rings. The molecule has 0 radical (unpaired) electrons. The lowest BCUT2D eigenvalue weighted by atomic mass is 10.2. The molecule has 0 amide bonds. The van der Waals surface area contributed by atoms with Gasteiger partial charge in [0, 0.05) is 37.5 Å². The number of pyridine rings is 1. The van der Waals surface area contributed by atoms with Crippen molar-refractivity contribution >= 4 is 11.8 Å². The Kier molecular flexibility index (Phi) is 5.69. The first-order chi connectivity index (χ1) is 11.0. The molecule has 0 unspecified atom stereocenters. The fourth-order valence-electron chi connectivity index (χ4n) is 1.79. The number of hydrogen-bond donors (Lipinski definition) is 3. The highest BCUT2D eigenvalue weighted by molar-refractivity contribution is 5.43. The molecule has 0 bridgehead atoms. The molecule has 0 saturated heterocycles. The number of aliphatic hydroxyl groups excluding tert-OH is 1. The molecular formula is C14H16F3N5O. The molecule has 0 aliphatic carbocycles. The summed E-state index contributed by atoms with van der Waals surface area (Å²) in [4.78, 5) is 11.5. The summed E-state index contributed by atoms with van der Waals surface area (Å²) in [5.74, 6) is -0.127. The summed E-state index contributed by atoms with van der Waals surface area (Å²) in [6.45, 7) is 0.210. The second kappa shape index (κ2) is 7.73. The summed E-state index contributed by atoms with van der Waals surface area (Å²) in [6.07, 6.45) is -2.37. The van der Waals surface area contributed by atoms with E-state index in [9.17, 15) is 13.2 Å². The molecular weight excluding hydrogens is 311 g/mol. The Hall–Kier alpha value is -2.42. The van der Waals surface area contributed by atoms with Crippen molar-refractivity contribution in [2.45, 2.75) is 12.6 Å². The van der Waals surface area contributed by atoms with Gasteiger partial charge in [0.05, 0.1) is 6.61 Å². The highest BCUT2D eigenvalue weighted by Gasteiger charge is 2.33. The number of anilines is 2. The summed E-state index contributed by atoms with van der Waals surface area (Å²) < 4.78 is 38.6. The van der Waals surface area contributed by atoms with Gasteiger partial charge < -0.3 is 15.7 Å². The summed E-state index contributed by atoms with van der Waals surface area (Å²) in [5, 5.41) is 14.1. The Morgan fingerprint density at radius 2 is 1.91 bits per heavy atom. The lowest BCUT2D eigenvalue weighted by Crippen LogP contribution is -2.16. The van der Waals surface area contributed by atoms with Crippen molar-refractivity contribution in [1.82, 2.24) is 15.0 Å². The molecule has 23 heavy (non-hydrogen) atoms. The van der Waals surface area contributed by atoms with Gasteiger partial charge in [-0.1, -0.05) is 6.07 Å². The smallest absolute Gasteiger partial charge is 0.395 e. The zero-order valence-corrected chi connectivity index (χ0v) is 12.1. The van der Waals surface area contributed by atoms with Crippen molar-refractivity contribution in [3.05, 3.63) is 41.9 Å². The van der Waals surface area contributed by atoms with Gasteiger partial charge in [-0.2, -0.15) is 18.2 Å². The number of hydrogen-bond acceptors (Lipinski definition) is 6. The molecule has 0 aliphatic heterocycles. The molecule has 3 N–H and O–H groups in total. The first-order valence-corrected chi connectivity index (χ1v) is 6.94. The third-order valence-electron chi connectivity index (χ3n) is 2.82. The number of halogens is 3. The average molecular weight is 327 g/mol. The van der Waals surface area contributed by atoms with E-state index in [1.54, 1.807) is 12.3 Å². The molecule has 0 saturated carbocycles. The Balaban J connectivity index is 2.07. The number of nitrogens with zero attached hydrogens (tertiary/aromatic N) is 3. The van der Waals surface area contributed by atoms with Crippen molar-refractivity contribution in [2.24, 2.45) is 0 Å². The van der Waals surface area contributed by atoms with Crippen LogP contribution in [0.3, 0.4) is 0 Å². The predicted molar refractivity (Wildman–Crippen MR) is 79.0 cm³/mol. The fraction of sp³-hybridized carbons (Fsp3) is 0.357. The lowest BCUT2D eigenvalue weighted by molar-refractivity contribution is -0.141. The normalized spacial score (nSPS) is 11.3. The SMILES string of the molecule is OCCNc1nc(NCCc2ccccn2)cc(C(F)(F)F)n1. The first kappa shape index (κ1) is 16.9. The maximum absolute atomic E-state index is 12.9. The van der Waals surface area contributed by atoms with Crippen molar-refractivity contribution in [3.8, 4) is 0 Å². The van der Waals surface area contributed by atoms with Crippen LogP contribution < -0.4 is 10.6 Å². The van der Waals surface area contributed by atoms with E-state index in [-0.39, 0.29) is 24.9 Å². The zero-order valence-electron chi connectivity index (χ0n) is 12.1. The Labute approximate surface area is 130 Å². The molecule has 2 rings (SSSR count). The number of alkyl halides is 3. The van der Waals surface area contributed by atoms with Crippen LogP contribution in [0.25, 0.3) is 0 Å². The minimum Gasteiger partial charge on any atom is -0.395 e. The third-order valence-corrected chi connectivity index (χ3v) is 2.82. The van der Waals surface area contributed by atoms with Crippen molar-refractivity contribution in [3.63, 3.8) is 0 Å². The largest absolute Gasteiger partial charge is 0.433 e. The van der Waals surface area contributed by atoms with Gasteiger partial charge in [0.25, 0.3) is 0 Å². The lowest BCUT2D eigenvalue weighted by Gasteiger charge is -2.12. The monoisotopic (exact) mass is 327 g/mol. The van der Waals surface area contributed by atoms with Crippen molar-refractivity contribution in [2.75, 3.05) is 30.3 Å². The number of rotatable bonds is 7. The van der Waals surface area contributed by atoms with Crippen LogP contribution in [0.15, 0.2) is 30.5 Å². The van der Waals surface area contributed by atoms with E-state index >= 15 is 0 Å². The van der Waals surface area contributed by atoms with E-state index in [1.807, 2.05) is 12.1 Å². The van der Waals surface area contributed by atoms with Gasteiger partial charge in [-0.3, -0.25) is 4.98 Å². The topological polar surface area (TPSA) is 83.0 Å². The second-order valence-corrected chi connectivity index (χ2v) is 4.61. The highest BCUT2D eigenvalue weighted by Crippen LogP contribution is 2.29. The van der Waals surface area contributed by atoms with Crippen LogP contribution in [0.4, 0.5) is 24.9 Å². The highest BCUT2D eigenvalue weighted by atomic mass is 19.4. The van der Waals surface area contributed by atoms with E-state index < -0.39 is 11.9 Å². The van der Waals surface area contributed by atoms with E-state index in [0.717, 1.165) is 11.8 Å². The van der Waals surface area contributed by atoms with Gasteiger partial charge in [0.15, 0.2) is 5.69 Å². The van der Waals surface area contributed by atoms with Gasteiger partial charge in [0.2, 0.25) is 5.95 Å². The van der Waals surface area contributed by atoms with E-state index in [4.69, 9.17) is 5.11 Å². The van der Waals surface area contributed by atoms with Gasteiger partial charge in [0.1, 0.15) is 5.82 Å². The maximum Gasteiger partial charge on any atom is 0.433 e. The van der Waals surface area contributed by atoms with Crippen LogP contribution in [0, 0.1) is 0 Å². The van der Waals surface area contributed by atoms with E-state index in [2.05, 4.69) is 25.6 Å². The van der Waals surface area contributed by atoms with Crippen molar-refractivity contribution in [1.29, 1.82) is 0 Å². The summed E-state index contributed by atoms with van der Waals surface area (Å²) in [7, 11) is 0. The fourth-order valence-corrected chi connectivity index (χ4v) is 1.79. The quantitative estimate of drug-likeness (QED) is 0.721. The van der Waals surface area contributed by atoms with Crippen molar-refractivity contribution < 1.29 is 18.3 Å². The van der Waals surface area contributed by atoms with Gasteiger partial charge in [-0.05, 0) is 12.1 Å². The van der Waals surface area contributed by atoms with Crippen LogP contribution in [-0.2, 0) is 12.6 Å². The third kappa shape index (κ3) is 5.37. The summed E-state index contributed by atoms with van der Waals surface area (Å²) in [6, 6.07) is 6.31. The Morgan fingerprint density at radius 3 is 2.57 bits per heavy atom. The predicted octanol–water partition coefficient (Wildman–Crippen LogP) is 1.95. The summed E-state index contributed by atoms with van der Waals surface area (Å²) in [5.41, 5.74) is -0.225. The molecule has 0 atom stereocenters. The van der Waals surface area contributed by atoms with Crippen LogP contribution in [0.5, 0.6) is 0 Å². The zero-order chi connectivity index (χ0) is 16.7. The minimum atomic E-state index is -4.57. The molecule has 2 heterocycles. The number of aliphatic hydroxyl groups is 1. The van der Waals surface area contributed by atoms with E-state index in [1.165, 1.54) is 0 Å². The Bertz CT molecular complexity index is 622. The number of nitrogens with one attached hydrogen (secondary N) is 2. The molecule has 0 aromatic carbocycles. The van der Waals surface area contributed by atoms with Gasteiger partial charge in [-0.15, -0.1) is 0 Å². The molecule has 0 spiro atoms. The first-order valence-electron chi connectivity index (χ1n) is 6.94. The van der Waals surface area contributed by atoms with Gasteiger partial charge in [-0.25, -0.2) is 4.98 Å². The van der Waals surface area contributed by atoms with Crippen LogP contribution in [-0.4, -0.2) is 39.8 Å². The van der Waals surface area contributed by atoms with Gasteiger partial charge >= 0.3 is 6.18 Å². The van der Waals surface area contributed by atoms with Crippen LogP contribution in [0.1, 0.15) is 11.4 Å². The van der Waals surface area contributed by atoms with Crippen LogP contribution >= 0.6 is 0 Å². The molecule has 6 nitrogen and oxygen atoms in total. The second-order valence-electron chi connectivity index (χ2n) is 4.61. The maximum atomic E-state index is 12.9. The number of aromatic nitrogens is 3. The minimum absolute atomic E-state index is 0.0590. The molecule has 9 heteroatoms. The molecule has 124 valence electrons. The Morgan fingerprint density at radius 1 is 1.09 bits per heavy atom. The molecule has 2 aromatic heterocycles. The standard InChI is InChI=1S/C14H16F3N5O/c15-14(16,17)11-9-12(22-13(21-11)20-7-8-23)19-6-4-10-3-1-2-5-18-10/h1-3,5,9,23H,4,6-8H2,(H2,19,20,21,22).